The zero-order valence-electron chi connectivity index (χ0n) is 18.1. The molecule has 3 nitrogen and oxygen atoms in total. The van der Waals surface area contributed by atoms with Gasteiger partial charge in [0.15, 0.2) is 0 Å². The first-order valence-electron chi connectivity index (χ1n) is 11.6. The second kappa shape index (κ2) is 7.30. The molecule has 2 heterocycles. The van der Waals surface area contributed by atoms with Gasteiger partial charge in [0, 0.05) is 36.0 Å². The van der Waals surface area contributed by atoms with Crippen LogP contribution in [0.1, 0.15) is 36.1 Å². The molecular weight excluding hydrogens is 387 g/mol. The number of piperidine rings is 1. The summed E-state index contributed by atoms with van der Waals surface area (Å²) in [7, 11) is 1.74. The Morgan fingerprint density at radius 1 is 1.16 bits per heavy atom. The number of hydrogen-bond acceptors (Lipinski definition) is 3. The van der Waals surface area contributed by atoms with Crippen LogP contribution in [0.15, 0.2) is 48.5 Å². The van der Waals surface area contributed by atoms with Gasteiger partial charge in [0.2, 0.25) is 0 Å². The van der Waals surface area contributed by atoms with Gasteiger partial charge in [-0.1, -0.05) is 24.3 Å². The molecule has 6 rings (SSSR count). The van der Waals surface area contributed by atoms with E-state index in [1.165, 1.54) is 36.6 Å². The molecular formula is C27H29FN2O. The van der Waals surface area contributed by atoms with Crippen molar-refractivity contribution >= 4 is 10.9 Å². The normalized spacial score (nSPS) is 25.8. The first kappa shape index (κ1) is 19.2. The number of aromatic nitrogens is 1. The third-order valence-corrected chi connectivity index (χ3v) is 7.91. The van der Waals surface area contributed by atoms with E-state index in [-0.39, 0.29) is 11.2 Å². The fraction of sp³-hybridized carbons (Fsp3) is 0.444. The van der Waals surface area contributed by atoms with Crippen LogP contribution < -0.4 is 4.74 Å². The van der Waals surface area contributed by atoms with E-state index in [1.807, 2.05) is 12.1 Å². The molecule has 0 spiro atoms. The Labute approximate surface area is 183 Å². The molecule has 0 bridgehead atoms. The fourth-order valence-corrected chi connectivity index (χ4v) is 6.02. The number of nitrogens with zero attached hydrogens (tertiary/aromatic N) is 2. The minimum absolute atomic E-state index is 0.0352. The van der Waals surface area contributed by atoms with Crippen LogP contribution in [0.2, 0.25) is 0 Å². The van der Waals surface area contributed by atoms with Gasteiger partial charge >= 0.3 is 0 Å². The Bertz CT molecular complexity index is 1140. The van der Waals surface area contributed by atoms with E-state index in [2.05, 4.69) is 29.2 Å². The Hall–Kier alpha value is -2.46. The fourth-order valence-electron chi connectivity index (χ4n) is 6.02. The van der Waals surface area contributed by atoms with Gasteiger partial charge in [-0.2, -0.15) is 0 Å². The van der Waals surface area contributed by atoms with Crippen LogP contribution >= 0.6 is 0 Å². The minimum atomic E-state index is -0.225. The summed E-state index contributed by atoms with van der Waals surface area (Å²) in [5, 5.41) is 0.915. The van der Waals surface area contributed by atoms with Crippen LogP contribution in [0.5, 0.6) is 5.75 Å². The van der Waals surface area contributed by atoms with Gasteiger partial charge in [0.1, 0.15) is 17.1 Å². The molecule has 0 N–H and O–H groups in total. The van der Waals surface area contributed by atoms with Crippen molar-refractivity contribution in [2.24, 2.45) is 11.8 Å². The molecule has 0 amide bonds. The van der Waals surface area contributed by atoms with E-state index in [9.17, 15) is 4.39 Å². The molecule has 1 saturated carbocycles. The number of pyridine rings is 1. The maximum Gasteiger partial charge on any atom is 0.149 e. The number of methoxy groups -OCH3 is 1. The molecule has 31 heavy (non-hydrogen) atoms. The van der Waals surface area contributed by atoms with Gasteiger partial charge in [0.25, 0.3) is 0 Å². The predicted octanol–water partition coefficient (Wildman–Crippen LogP) is 5.15. The van der Waals surface area contributed by atoms with Crippen LogP contribution in [0.3, 0.4) is 0 Å². The Kier molecular flexibility index (Phi) is 4.53. The number of benzene rings is 2. The lowest BCUT2D eigenvalue weighted by Crippen LogP contribution is -2.54. The minimum Gasteiger partial charge on any atom is -0.497 e. The summed E-state index contributed by atoms with van der Waals surface area (Å²) in [6.07, 6.45) is 5.79. The molecule has 3 aromatic rings. The van der Waals surface area contributed by atoms with Crippen molar-refractivity contribution in [2.45, 2.75) is 37.5 Å². The van der Waals surface area contributed by atoms with Crippen molar-refractivity contribution < 1.29 is 9.13 Å². The molecule has 2 aromatic carbocycles. The van der Waals surface area contributed by atoms with Crippen molar-refractivity contribution in [3.63, 3.8) is 0 Å². The highest BCUT2D eigenvalue weighted by Crippen LogP contribution is 2.49. The lowest BCUT2D eigenvalue weighted by Gasteiger charge is -2.51. The zero-order valence-corrected chi connectivity index (χ0v) is 18.1. The van der Waals surface area contributed by atoms with Crippen molar-refractivity contribution in [3.8, 4) is 5.75 Å². The maximum atomic E-state index is 14.5. The predicted molar refractivity (Wildman–Crippen MR) is 121 cm³/mol. The average Bonchev–Trinajstić information content (AvgIpc) is 3.61. The first-order chi connectivity index (χ1) is 15.1. The smallest absolute Gasteiger partial charge is 0.149 e. The average molecular weight is 417 g/mol. The van der Waals surface area contributed by atoms with E-state index < -0.39 is 0 Å². The highest BCUT2D eigenvalue weighted by molar-refractivity contribution is 5.80. The first-order valence-corrected chi connectivity index (χ1v) is 11.6. The SMILES string of the molecule is COc1cccc([C@@]23CCN(CC4CC4)C[C@@H]2Cc2cc4cccc(F)c4nc2C3)c1. The van der Waals surface area contributed by atoms with Crippen LogP contribution in [0, 0.1) is 17.7 Å². The summed E-state index contributed by atoms with van der Waals surface area (Å²) in [5.74, 6) is 2.13. The van der Waals surface area contributed by atoms with E-state index >= 15 is 0 Å². The largest absolute Gasteiger partial charge is 0.497 e. The van der Waals surface area contributed by atoms with Gasteiger partial charge in [-0.3, -0.25) is 0 Å². The van der Waals surface area contributed by atoms with Gasteiger partial charge in [-0.15, -0.1) is 0 Å². The quantitative estimate of drug-likeness (QED) is 0.588. The molecule has 2 atom stereocenters. The van der Waals surface area contributed by atoms with Crippen LogP contribution in [0.4, 0.5) is 4.39 Å². The number of hydrogen-bond donors (Lipinski definition) is 0. The Morgan fingerprint density at radius 3 is 2.87 bits per heavy atom. The van der Waals surface area contributed by atoms with E-state index in [0.717, 1.165) is 55.1 Å². The highest BCUT2D eigenvalue weighted by Gasteiger charge is 2.48. The molecule has 0 unspecified atom stereocenters. The van der Waals surface area contributed by atoms with E-state index in [1.54, 1.807) is 13.2 Å². The molecule has 1 aliphatic heterocycles. The summed E-state index contributed by atoms with van der Waals surface area (Å²) >= 11 is 0. The third kappa shape index (κ3) is 3.32. The van der Waals surface area contributed by atoms with Gasteiger partial charge in [-0.25, -0.2) is 9.37 Å². The van der Waals surface area contributed by atoms with Crippen molar-refractivity contribution in [1.29, 1.82) is 0 Å². The van der Waals surface area contributed by atoms with E-state index in [0.29, 0.717) is 11.4 Å². The number of likely N-dealkylation sites (tertiary alicyclic amines) is 1. The van der Waals surface area contributed by atoms with Crippen molar-refractivity contribution in [1.82, 2.24) is 9.88 Å². The monoisotopic (exact) mass is 416 g/mol. The number of para-hydroxylation sites is 1. The lowest BCUT2D eigenvalue weighted by molar-refractivity contribution is 0.0777. The summed E-state index contributed by atoms with van der Waals surface area (Å²) in [4.78, 5) is 7.57. The molecule has 4 heteroatoms. The lowest BCUT2D eigenvalue weighted by atomic mass is 9.58. The van der Waals surface area contributed by atoms with Gasteiger partial charge < -0.3 is 9.64 Å². The molecule has 0 radical (unpaired) electrons. The van der Waals surface area contributed by atoms with E-state index in [4.69, 9.17) is 9.72 Å². The van der Waals surface area contributed by atoms with Crippen LogP contribution in [0.25, 0.3) is 10.9 Å². The summed E-state index contributed by atoms with van der Waals surface area (Å²) < 4.78 is 20.1. The molecule has 1 aromatic heterocycles. The topological polar surface area (TPSA) is 25.4 Å². The summed E-state index contributed by atoms with van der Waals surface area (Å²) in [6.45, 7) is 3.51. The summed E-state index contributed by atoms with van der Waals surface area (Å²) in [6, 6.07) is 16.1. The van der Waals surface area contributed by atoms with Gasteiger partial charge in [0.05, 0.1) is 7.11 Å². The van der Waals surface area contributed by atoms with Crippen LogP contribution in [-0.2, 0) is 18.3 Å². The zero-order chi connectivity index (χ0) is 21.0. The standard InChI is InChI=1S/C27H29FN2O/c1-31-23-6-3-5-21(14-23)27-10-11-30(16-18-8-9-18)17-22(27)13-20-12-19-4-2-7-24(28)26(19)29-25(20)15-27/h2-7,12,14,18,22H,8-11,13,15-17H2,1H3/t22-,27-/m0/s1. The second-order valence-electron chi connectivity index (χ2n) is 9.82. The molecule has 160 valence electrons. The molecule has 1 saturated heterocycles. The van der Waals surface area contributed by atoms with Crippen molar-refractivity contribution in [2.75, 3.05) is 26.7 Å². The molecule has 3 aliphatic rings. The van der Waals surface area contributed by atoms with Crippen LogP contribution in [-0.4, -0.2) is 36.6 Å². The number of halogens is 1. The second-order valence-corrected chi connectivity index (χ2v) is 9.82. The summed E-state index contributed by atoms with van der Waals surface area (Å²) in [5.41, 5.74) is 4.27. The number of ether oxygens (including phenoxy) is 1. The van der Waals surface area contributed by atoms with Crippen molar-refractivity contribution in [3.05, 3.63) is 71.2 Å². The number of fused-ring (bicyclic) bond motifs is 3. The molecule has 2 fully saturated rings. The Balaban J connectivity index is 1.44. The maximum absolute atomic E-state index is 14.5. The van der Waals surface area contributed by atoms with Gasteiger partial charge in [-0.05, 0) is 79.5 Å². The highest BCUT2D eigenvalue weighted by atomic mass is 19.1. The molecule has 2 aliphatic carbocycles. The third-order valence-electron chi connectivity index (χ3n) is 7.91. The number of rotatable bonds is 4. The Morgan fingerprint density at radius 2 is 2.03 bits per heavy atom.